The predicted octanol–water partition coefficient (Wildman–Crippen LogP) is 3.27. The molecular formula is C13H11BrFIN2O2. The molecule has 0 aliphatic heterocycles. The van der Waals surface area contributed by atoms with Gasteiger partial charge in [0, 0.05) is 16.2 Å². The van der Waals surface area contributed by atoms with Gasteiger partial charge in [-0.2, -0.15) is 5.10 Å². The Morgan fingerprint density at radius 1 is 1.55 bits per heavy atom. The Bertz CT molecular complexity index is 645. The Balaban J connectivity index is 2.40. The van der Waals surface area contributed by atoms with Gasteiger partial charge in [0.05, 0.1) is 23.8 Å². The van der Waals surface area contributed by atoms with Crippen LogP contribution in [0.4, 0.5) is 4.39 Å². The SMILES string of the molecule is COCCn1ncc(Br)c1C(=O)c1ccc(F)cc1I. The highest BCUT2D eigenvalue weighted by atomic mass is 127. The molecule has 0 aliphatic rings. The van der Waals surface area contributed by atoms with Crippen LogP contribution in [0.1, 0.15) is 16.1 Å². The molecule has 0 N–H and O–H groups in total. The zero-order valence-corrected chi connectivity index (χ0v) is 14.3. The van der Waals surface area contributed by atoms with Gasteiger partial charge in [-0.05, 0) is 56.7 Å². The fourth-order valence-corrected chi connectivity index (χ4v) is 2.94. The maximum Gasteiger partial charge on any atom is 0.213 e. The van der Waals surface area contributed by atoms with Gasteiger partial charge < -0.3 is 4.74 Å². The molecule has 0 spiro atoms. The number of halogens is 3. The molecule has 0 radical (unpaired) electrons. The first kappa shape index (κ1) is 15.6. The van der Waals surface area contributed by atoms with Crippen molar-refractivity contribution >= 4 is 44.3 Å². The first-order chi connectivity index (χ1) is 9.54. The van der Waals surface area contributed by atoms with Gasteiger partial charge in [-0.25, -0.2) is 4.39 Å². The van der Waals surface area contributed by atoms with Crippen molar-refractivity contribution in [2.75, 3.05) is 13.7 Å². The van der Waals surface area contributed by atoms with Crippen LogP contribution in [0, 0.1) is 9.39 Å². The van der Waals surface area contributed by atoms with E-state index in [-0.39, 0.29) is 11.6 Å². The Kier molecular flexibility index (Phi) is 5.28. The molecule has 0 aliphatic carbocycles. The van der Waals surface area contributed by atoms with Crippen LogP contribution in [0.3, 0.4) is 0 Å². The molecular weight excluding hydrogens is 442 g/mol. The fraction of sp³-hybridized carbons (Fsp3) is 0.231. The molecule has 2 rings (SSSR count). The second-order valence-electron chi connectivity index (χ2n) is 4.01. The molecule has 0 saturated carbocycles. The molecule has 2 aromatic rings. The second-order valence-corrected chi connectivity index (χ2v) is 6.03. The molecule has 0 bridgehead atoms. The van der Waals surface area contributed by atoms with Crippen molar-refractivity contribution in [3.8, 4) is 0 Å². The van der Waals surface area contributed by atoms with Crippen molar-refractivity contribution < 1.29 is 13.9 Å². The third-order valence-electron chi connectivity index (χ3n) is 2.69. The summed E-state index contributed by atoms with van der Waals surface area (Å²) in [4.78, 5) is 12.6. The van der Waals surface area contributed by atoms with E-state index in [9.17, 15) is 9.18 Å². The van der Waals surface area contributed by atoms with E-state index in [0.717, 1.165) is 0 Å². The standard InChI is InChI=1S/C13H11BrFIN2O2/c1-20-5-4-18-12(10(14)7-17-18)13(19)9-3-2-8(15)6-11(9)16/h2-3,6-7H,4-5H2,1H3. The molecule has 0 amide bonds. The number of nitrogens with zero attached hydrogens (tertiary/aromatic N) is 2. The lowest BCUT2D eigenvalue weighted by Gasteiger charge is -2.08. The lowest BCUT2D eigenvalue weighted by molar-refractivity contribution is 0.102. The van der Waals surface area contributed by atoms with Crippen LogP contribution in [0.5, 0.6) is 0 Å². The summed E-state index contributed by atoms with van der Waals surface area (Å²) in [5.74, 6) is -0.562. The minimum Gasteiger partial charge on any atom is -0.383 e. The van der Waals surface area contributed by atoms with E-state index in [1.165, 1.54) is 18.2 Å². The highest BCUT2D eigenvalue weighted by Gasteiger charge is 2.21. The van der Waals surface area contributed by atoms with Crippen LogP contribution in [-0.4, -0.2) is 29.3 Å². The zero-order chi connectivity index (χ0) is 14.7. The maximum absolute atomic E-state index is 13.1. The van der Waals surface area contributed by atoms with Crippen LogP contribution in [0.2, 0.25) is 0 Å². The minimum atomic E-state index is -0.363. The smallest absolute Gasteiger partial charge is 0.213 e. The molecule has 0 fully saturated rings. The number of methoxy groups -OCH3 is 1. The largest absolute Gasteiger partial charge is 0.383 e. The number of benzene rings is 1. The lowest BCUT2D eigenvalue weighted by atomic mass is 10.1. The summed E-state index contributed by atoms with van der Waals surface area (Å²) in [6, 6.07) is 4.09. The second kappa shape index (κ2) is 6.77. The summed E-state index contributed by atoms with van der Waals surface area (Å²) in [7, 11) is 1.59. The number of hydrogen-bond acceptors (Lipinski definition) is 3. The first-order valence-corrected chi connectivity index (χ1v) is 7.61. The summed E-state index contributed by atoms with van der Waals surface area (Å²) in [6.45, 7) is 0.926. The normalized spacial score (nSPS) is 10.8. The van der Waals surface area contributed by atoms with E-state index in [1.54, 1.807) is 18.0 Å². The van der Waals surface area contributed by atoms with E-state index < -0.39 is 0 Å². The molecule has 20 heavy (non-hydrogen) atoms. The number of aromatic nitrogens is 2. The molecule has 0 unspecified atom stereocenters. The number of ether oxygens (including phenoxy) is 1. The van der Waals surface area contributed by atoms with Crippen molar-refractivity contribution in [1.29, 1.82) is 0 Å². The molecule has 7 heteroatoms. The molecule has 0 saturated heterocycles. The topological polar surface area (TPSA) is 44.1 Å². The number of hydrogen-bond donors (Lipinski definition) is 0. The van der Waals surface area contributed by atoms with Crippen LogP contribution < -0.4 is 0 Å². The van der Waals surface area contributed by atoms with Gasteiger partial charge >= 0.3 is 0 Å². The number of ketones is 1. The van der Waals surface area contributed by atoms with Gasteiger partial charge in [-0.15, -0.1) is 0 Å². The molecule has 4 nitrogen and oxygen atoms in total. The summed E-state index contributed by atoms with van der Waals surface area (Å²) < 4.78 is 20.9. The summed E-state index contributed by atoms with van der Waals surface area (Å²) in [5, 5.41) is 4.14. The van der Waals surface area contributed by atoms with E-state index in [1.807, 2.05) is 22.6 Å². The van der Waals surface area contributed by atoms with Crippen molar-refractivity contribution in [1.82, 2.24) is 9.78 Å². The first-order valence-electron chi connectivity index (χ1n) is 5.74. The third kappa shape index (κ3) is 3.26. The fourth-order valence-electron chi connectivity index (χ4n) is 1.74. The van der Waals surface area contributed by atoms with Gasteiger partial charge in [0.1, 0.15) is 11.5 Å². The molecule has 1 aromatic carbocycles. The van der Waals surface area contributed by atoms with Crippen LogP contribution in [0.15, 0.2) is 28.9 Å². The Morgan fingerprint density at radius 2 is 2.30 bits per heavy atom. The third-order valence-corrected chi connectivity index (χ3v) is 4.17. The van der Waals surface area contributed by atoms with Gasteiger partial charge in [-0.1, -0.05) is 0 Å². The maximum atomic E-state index is 13.1. The lowest BCUT2D eigenvalue weighted by Crippen LogP contribution is -2.15. The quantitative estimate of drug-likeness (QED) is 0.516. The van der Waals surface area contributed by atoms with Crippen molar-refractivity contribution in [2.45, 2.75) is 6.54 Å². The Labute approximate surface area is 137 Å². The average Bonchev–Trinajstić information content (AvgIpc) is 2.77. The van der Waals surface area contributed by atoms with E-state index in [4.69, 9.17) is 4.74 Å². The predicted molar refractivity (Wildman–Crippen MR) is 84.4 cm³/mol. The van der Waals surface area contributed by atoms with Gasteiger partial charge in [0.25, 0.3) is 0 Å². The zero-order valence-electron chi connectivity index (χ0n) is 10.6. The van der Waals surface area contributed by atoms with Crippen LogP contribution in [-0.2, 0) is 11.3 Å². The Hall–Kier alpha value is -0.800. The van der Waals surface area contributed by atoms with Crippen molar-refractivity contribution in [2.24, 2.45) is 0 Å². The van der Waals surface area contributed by atoms with Crippen LogP contribution in [0.25, 0.3) is 0 Å². The van der Waals surface area contributed by atoms with Gasteiger partial charge in [0.15, 0.2) is 0 Å². The van der Waals surface area contributed by atoms with Gasteiger partial charge in [-0.3, -0.25) is 9.48 Å². The van der Waals surface area contributed by atoms with Crippen molar-refractivity contribution in [3.63, 3.8) is 0 Å². The van der Waals surface area contributed by atoms with Crippen LogP contribution >= 0.6 is 38.5 Å². The van der Waals surface area contributed by atoms with Gasteiger partial charge in [0.2, 0.25) is 5.78 Å². The highest BCUT2D eigenvalue weighted by molar-refractivity contribution is 14.1. The van der Waals surface area contributed by atoms with Crippen molar-refractivity contribution in [3.05, 3.63) is 49.5 Å². The average molecular weight is 453 g/mol. The number of rotatable bonds is 5. The number of carbonyl (C=O) groups excluding carboxylic acids is 1. The van der Waals surface area contributed by atoms with E-state index >= 15 is 0 Å². The monoisotopic (exact) mass is 452 g/mol. The summed E-state index contributed by atoms with van der Waals surface area (Å²) in [6.07, 6.45) is 1.57. The molecule has 106 valence electrons. The Morgan fingerprint density at radius 3 is 2.95 bits per heavy atom. The summed E-state index contributed by atoms with van der Waals surface area (Å²) >= 11 is 5.27. The molecule has 1 aromatic heterocycles. The number of carbonyl (C=O) groups is 1. The van der Waals surface area contributed by atoms with E-state index in [2.05, 4.69) is 21.0 Å². The molecule has 1 heterocycles. The van der Waals surface area contributed by atoms with E-state index in [0.29, 0.717) is 32.5 Å². The molecule has 0 atom stereocenters. The highest BCUT2D eigenvalue weighted by Crippen LogP contribution is 2.23. The summed E-state index contributed by atoms with van der Waals surface area (Å²) in [5.41, 5.74) is 0.887. The minimum absolute atomic E-state index is 0.199.